The van der Waals surface area contributed by atoms with E-state index in [1.807, 2.05) is 84.9 Å². The number of fused-ring (bicyclic) bond motifs is 5. The first-order chi connectivity index (χ1) is 28.7. The van der Waals surface area contributed by atoms with Crippen LogP contribution < -0.4 is 0 Å². The lowest BCUT2D eigenvalue weighted by atomic mass is 9.84. The molecule has 51 heavy (non-hydrogen) atoms. The Hall–Kier alpha value is -6.70. The smallest absolute Gasteiger partial charge is 0.136 e. The first-order valence-corrected chi connectivity index (χ1v) is 16.9. The summed E-state index contributed by atoms with van der Waals surface area (Å²) >= 11 is 0. The van der Waals surface area contributed by atoms with Crippen LogP contribution in [0, 0.1) is 0 Å². The highest BCUT2D eigenvalue weighted by Crippen LogP contribution is 2.47. The Morgan fingerprint density at radius 2 is 0.784 bits per heavy atom. The molecule has 0 fully saturated rings. The zero-order chi connectivity index (χ0) is 40.7. The van der Waals surface area contributed by atoms with Gasteiger partial charge in [0.05, 0.1) is 11.0 Å². The fourth-order valence-corrected chi connectivity index (χ4v) is 7.28. The summed E-state index contributed by atoms with van der Waals surface area (Å²) in [6.07, 6.45) is 0. The molecule has 1 heterocycles. The van der Waals surface area contributed by atoms with E-state index in [2.05, 4.69) is 30.3 Å². The van der Waals surface area contributed by atoms with Gasteiger partial charge in [-0.2, -0.15) is 0 Å². The van der Waals surface area contributed by atoms with Crippen molar-refractivity contribution < 1.29 is 15.4 Å². The van der Waals surface area contributed by atoms with Gasteiger partial charge in [0.2, 0.25) is 0 Å². The van der Waals surface area contributed by atoms with Gasteiger partial charge in [0, 0.05) is 10.8 Å². The summed E-state index contributed by atoms with van der Waals surface area (Å²) in [4.78, 5) is 0. The molecule has 238 valence electrons. The third kappa shape index (κ3) is 4.94. The van der Waals surface area contributed by atoms with Crippen molar-refractivity contribution in [2.75, 3.05) is 0 Å². The van der Waals surface area contributed by atoms with Gasteiger partial charge in [-0.05, 0) is 95.4 Å². The Kier molecular flexibility index (Phi) is 5.21. The molecule has 10 rings (SSSR count). The molecule has 0 aliphatic carbocycles. The van der Waals surface area contributed by atoms with Crippen molar-refractivity contribution in [1.82, 2.24) is 0 Å². The van der Waals surface area contributed by atoms with Crippen molar-refractivity contribution in [3.63, 3.8) is 0 Å². The van der Waals surface area contributed by atoms with E-state index in [-0.39, 0.29) is 46.4 Å². The average Bonchev–Trinajstić information content (AvgIpc) is 3.65. The molecule has 0 aliphatic heterocycles. The molecule has 0 radical (unpaired) electrons. The third-order valence-corrected chi connectivity index (χ3v) is 9.62. The second-order valence-electron chi connectivity index (χ2n) is 12.6. The minimum Gasteiger partial charge on any atom is -0.456 e. The van der Waals surface area contributed by atoms with Crippen molar-refractivity contribution in [3.8, 4) is 55.6 Å². The van der Waals surface area contributed by atoms with Gasteiger partial charge in [0.1, 0.15) is 11.2 Å². The standard InChI is InChI=1S/C50H32O/c1-3-12-33(13-4-1)35-22-24-36(25-23-35)37-26-28-38(29-27-37)48-40-16-7-9-18-42(40)49(43-19-10-8-17-41(43)48)44-20-11-21-47-50(44)45-32-39(30-31-46(45)51-47)34-14-5-2-6-15-34/h1-32H/i22D,23D,24D,25D,26D,27D,28D,29D. The second kappa shape index (κ2) is 12.0. The Morgan fingerprint density at radius 3 is 1.35 bits per heavy atom. The van der Waals surface area contributed by atoms with Gasteiger partial charge in [-0.1, -0.05) is 176 Å². The van der Waals surface area contributed by atoms with Gasteiger partial charge in [-0.15, -0.1) is 0 Å². The van der Waals surface area contributed by atoms with E-state index >= 15 is 0 Å². The lowest BCUT2D eigenvalue weighted by molar-refractivity contribution is 0.669. The van der Waals surface area contributed by atoms with Gasteiger partial charge in [0.25, 0.3) is 0 Å². The SMILES string of the molecule is [2H]c1c([2H])c(-c2c([2H])c([2H])c(-c3c4ccccc4c(-c4cccc5oc6ccc(-c7ccccc7)cc6c45)c4ccccc34)c([2H])c2[2H])c([2H])c([2H])c1-c1ccccc1. The second-order valence-corrected chi connectivity index (χ2v) is 12.6. The zero-order valence-corrected chi connectivity index (χ0v) is 27.3. The number of furan rings is 1. The molecule has 9 aromatic carbocycles. The van der Waals surface area contributed by atoms with E-state index in [1.165, 1.54) is 0 Å². The Bertz CT molecular complexity index is 3240. The summed E-state index contributed by atoms with van der Waals surface area (Å²) in [6, 6.07) is 43.7. The first kappa shape index (κ1) is 22.1. The minimum absolute atomic E-state index is 0.0818. The topological polar surface area (TPSA) is 13.1 Å². The summed E-state index contributed by atoms with van der Waals surface area (Å²) < 4.78 is 79.9. The van der Waals surface area contributed by atoms with Gasteiger partial charge in [0.15, 0.2) is 0 Å². The van der Waals surface area contributed by atoms with Crippen LogP contribution in [-0.2, 0) is 0 Å². The van der Waals surface area contributed by atoms with E-state index in [0.717, 1.165) is 65.7 Å². The normalized spacial score (nSPS) is 13.7. The molecule has 0 N–H and O–H groups in total. The quantitative estimate of drug-likeness (QED) is 0.168. The largest absolute Gasteiger partial charge is 0.456 e. The van der Waals surface area contributed by atoms with Crippen molar-refractivity contribution in [2.24, 2.45) is 0 Å². The third-order valence-electron chi connectivity index (χ3n) is 9.62. The maximum atomic E-state index is 9.50. The Morgan fingerprint density at radius 1 is 0.314 bits per heavy atom. The fourth-order valence-electron chi connectivity index (χ4n) is 7.28. The van der Waals surface area contributed by atoms with Crippen LogP contribution in [0.1, 0.15) is 11.0 Å². The van der Waals surface area contributed by atoms with E-state index in [1.54, 1.807) is 30.3 Å². The molecule has 0 saturated heterocycles. The molecular formula is C50H32O. The highest BCUT2D eigenvalue weighted by molar-refractivity contribution is 6.25. The van der Waals surface area contributed by atoms with E-state index in [0.29, 0.717) is 11.1 Å². The fraction of sp³-hybridized carbons (Fsp3) is 0. The molecule has 10 aromatic rings. The zero-order valence-electron chi connectivity index (χ0n) is 35.3. The molecule has 1 nitrogen and oxygen atoms in total. The number of rotatable bonds is 5. The summed E-state index contributed by atoms with van der Waals surface area (Å²) in [7, 11) is 0. The van der Waals surface area contributed by atoms with E-state index in [4.69, 9.17) is 9.90 Å². The molecule has 0 unspecified atom stereocenters. The van der Waals surface area contributed by atoms with Crippen molar-refractivity contribution in [1.29, 1.82) is 0 Å². The molecule has 1 aromatic heterocycles. The molecule has 1 heteroatoms. The van der Waals surface area contributed by atoms with Crippen molar-refractivity contribution in [2.45, 2.75) is 0 Å². The molecule has 0 aliphatic rings. The molecule has 0 bridgehead atoms. The van der Waals surface area contributed by atoms with E-state index in [9.17, 15) is 5.48 Å². The molecule has 0 spiro atoms. The maximum Gasteiger partial charge on any atom is 0.136 e. The Labute approximate surface area is 307 Å². The average molecular weight is 657 g/mol. The lowest BCUT2D eigenvalue weighted by Gasteiger charge is -2.18. The summed E-state index contributed by atoms with van der Waals surface area (Å²) in [5.74, 6) is 0. The monoisotopic (exact) mass is 656 g/mol. The van der Waals surface area contributed by atoms with Gasteiger partial charge < -0.3 is 4.42 Å². The number of benzene rings is 9. The van der Waals surface area contributed by atoms with Crippen molar-refractivity contribution in [3.05, 3.63) is 194 Å². The molecule has 0 atom stereocenters. The van der Waals surface area contributed by atoms with Crippen LogP contribution in [0.4, 0.5) is 0 Å². The Balaban J connectivity index is 1.24. The summed E-state index contributed by atoms with van der Waals surface area (Å²) in [6.45, 7) is 0. The molecule has 0 amide bonds. The van der Waals surface area contributed by atoms with Crippen LogP contribution in [0.3, 0.4) is 0 Å². The minimum atomic E-state index is -0.449. The highest BCUT2D eigenvalue weighted by Gasteiger charge is 2.20. The van der Waals surface area contributed by atoms with E-state index < -0.39 is 24.2 Å². The predicted octanol–water partition coefficient (Wildman–Crippen LogP) is 14.2. The van der Waals surface area contributed by atoms with Gasteiger partial charge in [-0.25, -0.2) is 0 Å². The van der Waals surface area contributed by atoms with Crippen LogP contribution in [0.25, 0.3) is 99.1 Å². The highest BCUT2D eigenvalue weighted by atomic mass is 16.3. The van der Waals surface area contributed by atoms with Crippen LogP contribution in [0.15, 0.2) is 198 Å². The van der Waals surface area contributed by atoms with Gasteiger partial charge >= 0.3 is 0 Å². The summed E-state index contributed by atoms with van der Waals surface area (Å²) in [5.41, 5.74) is 6.20. The maximum absolute atomic E-state index is 9.50. The van der Waals surface area contributed by atoms with Crippen LogP contribution in [-0.4, -0.2) is 0 Å². The predicted molar refractivity (Wildman–Crippen MR) is 216 cm³/mol. The van der Waals surface area contributed by atoms with Crippen LogP contribution in [0.5, 0.6) is 0 Å². The van der Waals surface area contributed by atoms with Crippen molar-refractivity contribution >= 4 is 43.5 Å². The number of hydrogen-bond acceptors (Lipinski definition) is 1. The first-order valence-electron chi connectivity index (χ1n) is 20.9. The molecule has 0 saturated carbocycles. The molecular weight excluding hydrogens is 617 g/mol. The van der Waals surface area contributed by atoms with Gasteiger partial charge in [-0.3, -0.25) is 0 Å². The van der Waals surface area contributed by atoms with Crippen LogP contribution in [0.2, 0.25) is 0 Å². The summed E-state index contributed by atoms with van der Waals surface area (Å²) in [5, 5.41) is 5.06. The number of hydrogen-bond donors (Lipinski definition) is 0. The lowest BCUT2D eigenvalue weighted by Crippen LogP contribution is -1.91. The van der Waals surface area contributed by atoms with Crippen LogP contribution >= 0.6 is 0 Å².